The van der Waals surface area contributed by atoms with Crippen LogP contribution in [-0.4, -0.2) is 79.9 Å². The molecule has 21 heavy (non-hydrogen) atoms. The minimum atomic E-state index is -0.964. The average molecular weight is 301 g/mol. The van der Waals surface area contributed by atoms with E-state index in [1.807, 2.05) is 7.05 Å². The van der Waals surface area contributed by atoms with E-state index < -0.39 is 5.97 Å². The van der Waals surface area contributed by atoms with Crippen molar-refractivity contribution in [1.82, 2.24) is 15.1 Å². The molecule has 0 aliphatic heterocycles. The van der Waals surface area contributed by atoms with Crippen LogP contribution in [0.1, 0.15) is 25.7 Å². The summed E-state index contributed by atoms with van der Waals surface area (Å²) in [5, 5.41) is 11.8. The standard InChI is InChI=1S/C14H27N3O4/c1-16(9-10-21-2)8-7-15-14(20)17(11-13(18)19)12-5-3-4-6-12/h12H,3-11H2,1-2H3,(H,15,20)(H,18,19). The molecule has 7 nitrogen and oxygen atoms in total. The van der Waals surface area contributed by atoms with Crippen molar-refractivity contribution in [3.05, 3.63) is 0 Å². The van der Waals surface area contributed by atoms with Crippen molar-refractivity contribution < 1.29 is 19.4 Å². The molecule has 0 unspecified atom stereocenters. The van der Waals surface area contributed by atoms with Gasteiger partial charge in [-0.05, 0) is 19.9 Å². The summed E-state index contributed by atoms with van der Waals surface area (Å²) in [7, 11) is 3.61. The highest BCUT2D eigenvalue weighted by atomic mass is 16.5. The van der Waals surface area contributed by atoms with Gasteiger partial charge in [0, 0.05) is 32.8 Å². The Bertz CT molecular complexity index is 332. The van der Waals surface area contributed by atoms with Gasteiger partial charge in [-0.3, -0.25) is 4.79 Å². The van der Waals surface area contributed by atoms with Crippen LogP contribution in [-0.2, 0) is 9.53 Å². The topological polar surface area (TPSA) is 82.1 Å². The largest absolute Gasteiger partial charge is 0.480 e. The molecule has 0 radical (unpaired) electrons. The number of methoxy groups -OCH3 is 1. The Balaban J connectivity index is 2.36. The van der Waals surface area contributed by atoms with E-state index in [1.165, 1.54) is 4.90 Å². The zero-order chi connectivity index (χ0) is 15.7. The van der Waals surface area contributed by atoms with Gasteiger partial charge in [0.05, 0.1) is 6.61 Å². The van der Waals surface area contributed by atoms with Crippen LogP contribution >= 0.6 is 0 Å². The Kier molecular flexibility index (Phi) is 8.07. The second-order valence-corrected chi connectivity index (χ2v) is 5.49. The number of hydrogen-bond acceptors (Lipinski definition) is 4. The van der Waals surface area contributed by atoms with Gasteiger partial charge in [0.1, 0.15) is 6.54 Å². The van der Waals surface area contributed by atoms with Crippen molar-refractivity contribution in [2.24, 2.45) is 0 Å². The lowest BCUT2D eigenvalue weighted by molar-refractivity contribution is -0.138. The number of carbonyl (C=O) groups excluding carboxylic acids is 1. The molecular weight excluding hydrogens is 274 g/mol. The van der Waals surface area contributed by atoms with Crippen LogP contribution in [0.2, 0.25) is 0 Å². The molecule has 1 saturated carbocycles. The molecule has 122 valence electrons. The van der Waals surface area contributed by atoms with Crippen LogP contribution in [0.25, 0.3) is 0 Å². The van der Waals surface area contributed by atoms with Crippen molar-refractivity contribution in [3.8, 4) is 0 Å². The van der Waals surface area contributed by atoms with Crippen LogP contribution in [0.5, 0.6) is 0 Å². The minimum absolute atomic E-state index is 0.0623. The fraction of sp³-hybridized carbons (Fsp3) is 0.857. The Morgan fingerprint density at radius 3 is 2.52 bits per heavy atom. The van der Waals surface area contributed by atoms with Gasteiger partial charge < -0.3 is 25.0 Å². The van der Waals surface area contributed by atoms with Gasteiger partial charge in [-0.15, -0.1) is 0 Å². The second kappa shape index (κ2) is 9.57. The first-order valence-corrected chi connectivity index (χ1v) is 7.48. The third-order valence-electron chi connectivity index (χ3n) is 3.78. The molecule has 0 spiro atoms. The number of carboxylic acid groups (broad SMARTS) is 1. The summed E-state index contributed by atoms with van der Waals surface area (Å²) in [6.07, 6.45) is 3.92. The molecule has 1 aliphatic rings. The number of hydrogen-bond donors (Lipinski definition) is 2. The normalized spacial score (nSPS) is 15.4. The Morgan fingerprint density at radius 1 is 1.29 bits per heavy atom. The third-order valence-corrected chi connectivity index (χ3v) is 3.78. The molecule has 1 fully saturated rings. The number of aliphatic carboxylic acids is 1. The number of likely N-dealkylation sites (N-methyl/N-ethyl adjacent to an activating group) is 1. The molecule has 0 bridgehead atoms. The number of carbonyl (C=O) groups is 2. The summed E-state index contributed by atoms with van der Waals surface area (Å²) in [6, 6.07) is -0.211. The molecule has 0 saturated heterocycles. The van der Waals surface area contributed by atoms with Gasteiger partial charge in [-0.1, -0.05) is 12.8 Å². The summed E-state index contributed by atoms with van der Waals surface area (Å²) in [4.78, 5) is 26.6. The molecule has 0 heterocycles. The number of urea groups is 1. The number of amides is 2. The number of ether oxygens (including phenoxy) is 1. The molecule has 0 aromatic rings. The van der Waals surface area contributed by atoms with E-state index in [1.54, 1.807) is 7.11 Å². The van der Waals surface area contributed by atoms with Crippen LogP contribution in [0.3, 0.4) is 0 Å². The third kappa shape index (κ3) is 6.77. The van der Waals surface area contributed by atoms with Crippen LogP contribution in [0.15, 0.2) is 0 Å². The maximum atomic E-state index is 12.2. The fourth-order valence-electron chi connectivity index (χ4n) is 2.54. The van der Waals surface area contributed by atoms with Crippen molar-refractivity contribution in [3.63, 3.8) is 0 Å². The lowest BCUT2D eigenvalue weighted by Crippen LogP contribution is -2.49. The molecule has 1 rings (SSSR count). The SMILES string of the molecule is COCCN(C)CCNC(=O)N(CC(=O)O)C1CCCC1. The highest BCUT2D eigenvalue weighted by molar-refractivity contribution is 5.80. The Labute approximate surface area is 126 Å². The van der Waals surface area contributed by atoms with Gasteiger partial charge in [-0.2, -0.15) is 0 Å². The summed E-state index contributed by atoms with van der Waals surface area (Å²) >= 11 is 0. The first-order valence-electron chi connectivity index (χ1n) is 7.48. The van der Waals surface area contributed by atoms with Crippen LogP contribution < -0.4 is 5.32 Å². The average Bonchev–Trinajstić information content (AvgIpc) is 2.96. The van der Waals surface area contributed by atoms with Crippen molar-refractivity contribution >= 4 is 12.0 Å². The van der Waals surface area contributed by atoms with Crippen molar-refractivity contribution in [2.45, 2.75) is 31.7 Å². The van der Waals surface area contributed by atoms with Crippen LogP contribution in [0.4, 0.5) is 4.79 Å². The van der Waals surface area contributed by atoms with Crippen molar-refractivity contribution in [2.75, 3.05) is 46.9 Å². The summed E-state index contributed by atoms with van der Waals surface area (Å²) in [5.41, 5.74) is 0. The number of rotatable bonds is 9. The minimum Gasteiger partial charge on any atom is -0.480 e. The van der Waals surface area contributed by atoms with E-state index in [0.29, 0.717) is 19.7 Å². The van der Waals surface area contributed by atoms with Gasteiger partial charge in [0.2, 0.25) is 0 Å². The lowest BCUT2D eigenvalue weighted by atomic mass is 10.2. The molecule has 7 heteroatoms. The van der Waals surface area contributed by atoms with E-state index in [2.05, 4.69) is 10.2 Å². The summed E-state index contributed by atoms with van der Waals surface area (Å²) in [6.45, 7) is 2.43. The van der Waals surface area contributed by atoms with E-state index in [4.69, 9.17) is 9.84 Å². The zero-order valence-corrected chi connectivity index (χ0v) is 13.0. The number of nitrogens with one attached hydrogen (secondary N) is 1. The monoisotopic (exact) mass is 301 g/mol. The highest BCUT2D eigenvalue weighted by Gasteiger charge is 2.28. The highest BCUT2D eigenvalue weighted by Crippen LogP contribution is 2.23. The zero-order valence-electron chi connectivity index (χ0n) is 13.0. The first-order chi connectivity index (χ1) is 10.0. The fourth-order valence-corrected chi connectivity index (χ4v) is 2.54. The Hall–Kier alpha value is -1.34. The first kappa shape index (κ1) is 17.7. The molecule has 1 aliphatic carbocycles. The molecule has 0 aromatic carbocycles. The predicted octanol–water partition coefficient (Wildman–Crippen LogP) is 0.603. The van der Waals surface area contributed by atoms with Gasteiger partial charge in [0.25, 0.3) is 0 Å². The number of carboxylic acids is 1. The van der Waals surface area contributed by atoms with E-state index in [9.17, 15) is 9.59 Å². The van der Waals surface area contributed by atoms with Crippen LogP contribution in [0, 0.1) is 0 Å². The van der Waals surface area contributed by atoms with E-state index >= 15 is 0 Å². The molecule has 0 atom stereocenters. The van der Waals surface area contributed by atoms with Gasteiger partial charge in [-0.25, -0.2) is 4.79 Å². The maximum Gasteiger partial charge on any atom is 0.323 e. The van der Waals surface area contributed by atoms with Gasteiger partial charge in [0.15, 0.2) is 0 Å². The second-order valence-electron chi connectivity index (χ2n) is 5.49. The molecule has 2 N–H and O–H groups in total. The quantitative estimate of drug-likeness (QED) is 0.652. The molecule has 2 amide bonds. The number of nitrogens with zero attached hydrogens (tertiary/aromatic N) is 2. The molecule has 0 aromatic heterocycles. The predicted molar refractivity (Wildman–Crippen MR) is 79.4 cm³/mol. The lowest BCUT2D eigenvalue weighted by Gasteiger charge is -2.28. The maximum absolute atomic E-state index is 12.2. The smallest absolute Gasteiger partial charge is 0.323 e. The summed E-state index contributed by atoms with van der Waals surface area (Å²) in [5.74, 6) is -0.964. The van der Waals surface area contributed by atoms with Crippen molar-refractivity contribution in [1.29, 1.82) is 0 Å². The summed E-state index contributed by atoms with van der Waals surface area (Å²) < 4.78 is 4.99. The van der Waals surface area contributed by atoms with Gasteiger partial charge >= 0.3 is 12.0 Å². The molecular formula is C14H27N3O4. The van der Waals surface area contributed by atoms with E-state index in [0.717, 1.165) is 32.2 Å². The van der Waals surface area contributed by atoms with E-state index in [-0.39, 0.29) is 18.6 Å². The Morgan fingerprint density at radius 2 is 1.95 bits per heavy atom.